The summed E-state index contributed by atoms with van der Waals surface area (Å²) in [6, 6.07) is 18.9. The second-order valence-electron chi connectivity index (χ2n) is 4.01. The molecule has 1 N–H and O–H groups in total. The van der Waals surface area contributed by atoms with Gasteiger partial charge in [-0.05, 0) is 17.7 Å². The van der Waals surface area contributed by atoms with Gasteiger partial charge in [0.25, 0.3) is 0 Å². The van der Waals surface area contributed by atoms with Crippen LogP contribution < -0.4 is 5.06 Å². The summed E-state index contributed by atoms with van der Waals surface area (Å²) in [5.41, 5.74) is 1.74. The third kappa shape index (κ3) is 2.71. The van der Waals surface area contributed by atoms with Crippen LogP contribution in [0.5, 0.6) is 0 Å². The molecule has 0 heterocycles. The molecule has 2 rings (SSSR count). The zero-order valence-electron chi connectivity index (χ0n) is 10.0. The molecule has 0 spiro atoms. The fourth-order valence-corrected chi connectivity index (χ4v) is 1.89. The molecule has 2 aromatic rings. The third-order valence-corrected chi connectivity index (χ3v) is 2.81. The predicted molar refractivity (Wildman–Crippen MR) is 73.3 cm³/mol. The van der Waals surface area contributed by atoms with E-state index < -0.39 is 0 Å². The lowest BCUT2D eigenvalue weighted by Gasteiger charge is -2.26. The Hall–Kier alpha value is -2.24. The van der Waals surface area contributed by atoms with Crippen molar-refractivity contribution < 1.29 is 5.21 Å². The Bertz CT molecular complexity index is 516. The number of anilines is 1. The predicted octanol–water partition coefficient (Wildman–Crippen LogP) is 3.65. The van der Waals surface area contributed by atoms with Crippen LogP contribution in [0.3, 0.4) is 0 Å². The molecular weight excluding hydrogens is 222 g/mol. The number of hydroxylamine groups is 1. The Balaban J connectivity index is 2.29. The van der Waals surface area contributed by atoms with Gasteiger partial charge in [0.2, 0.25) is 0 Å². The maximum Gasteiger partial charge on any atom is 0.0921 e. The first-order valence-corrected chi connectivity index (χ1v) is 5.84. The highest BCUT2D eigenvalue weighted by atomic mass is 16.5. The van der Waals surface area contributed by atoms with Gasteiger partial charge in [0.05, 0.1) is 11.7 Å². The van der Waals surface area contributed by atoms with Crippen molar-refractivity contribution in [2.45, 2.75) is 12.5 Å². The summed E-state index contributed by atoms with van der Waals surface area (Å²) < 4.78 is 0. The highest BCUT2D eigenvalue weighted by Gasteiger charge is 2.18. The molecule has 0 radical (unpaired) electrons. The van der Waals surface area contributed by atoms with Crippen LogP contribution in [0.25, 0.3) is 0 Å². The molecule has 18 heavy (non-hydrogen) atoms. The Labute approximate surface area is 107 Å². The number of rotatable bonds is 4. The standard InChI is InChI=1S/C16H15NO/c1-2-9-16(14-10-5-3-6-11-14)17(18)15-12-7-4-8-13-15/h1,3-8,10-13,16,18H,9H2. The number of benzene rings is 2. The van der Waals surface area contributed by atoms with Gasteiger partial charge in [-0.1, -0.05) is 48.5 Å². The summed E-state index contributed by atoms with van der Waals surface area (Å²) in [7, 11) is 0. The third-order valence-electron chi connectivity index (χ3n) is 2.81. The Morgan fingerprint density at radius 2 is 1.56 bits per heavy atom. The molecule has 2 heteroatoms. The quantitative estimate of drug-likeness (QED) is 0.648. The number of hydrogen-bond donors (Lipinski definition) is 1. The topological polar surface area (TPSA) is 23.5 Å². The van der Waals surface area contributed by atoms with Crippen molar-refractivity contribution in [2.75, 3.05) is 5.06 Å². The van der Waals surface area contributed by atoms with Crippen molar-refractivity contribution in [2.24, 2.45) is 0 Å². The van der Waals surface area contributed by atoms with Crippen LogP contribution in [0.4, 0.5) is 5.69 Å². The van der Waals surface area contributed by atoms with Crippen LogP contribution in [0.1, 0.15) is 18.0 Å². The Kier molecular flexibility index (Phi) is 4.01. The number of nitrogens with zero attached hydrogens (tertiary/aromatic N) is 1. The molecule has 90 valence electrons. The van der Waals surface area contributed by atoms with Gasteiger partial charge in [-0.25, -0.2) is 5.06 Å². The van der Waals surface area contributed by atoms with Crippen LogP contribution in [0, 0.1) is 12.3 Å². The van der Waals surface area contributed by atoms with Crippen LogP contribution in [-0.4, -0.2) is 5.21 Å². The fraction of sp³-hybridized carbons (Fsp3) is 0.125. The van der Waals surface area contributed by atoms with E-state index in [9.17, 15) is 5.21 Å². The summed E-state index contributed by atoms with van der Waals surface area (Å²) in [5.74, 6) is 2.62. The molecule has 0 aliphatic rings. The molecule has 2 nitrogen and oxygen atoms in total. The van der Waals surface area contributed by atoms with Crippen LogP contribution in [0.2, 0.25) is 0 Å². The summed E-state index contributed by atoms with van der Waals surface area (Å²) in [6.45, 7) is 0. The van der Waals surface area contributed by atoms with E-state index in [1.807, 2.05) is 60.7 Å². The first-order chi connectivity index (χ1) is 8.83. The molecule has 0 saturated heterocycles. The molecule has 0 aliphatic carbocycles. The molecule has 1 unspecified atom stereocenters. The second kappa shape index (κ2) is 5.90. The molecule has 0 aliphatic heterocycles. The van der Waals surface area contributed by atoms with Crippen LogP contribution in [0.15, 0.2) is 60.7 Å². The van der Waals surface area contributed by atoms with Gasteiger partial charge < -0.3 is 0 Å². The van der Waals surface area contributed by atoms with E-state index in [4.69, 9.17) is 6.42 Å². The summed E-state index contributed by atoms with van der Waals surface area (Å²) in [4.78, 5) is 0. The molecule has 0 aromatic heterocycles. The van der Waals surface area contributed by atoms with Crippen LogP contribution >= 0.6 is 0 Å². The Morgan fingerprint density at radius 1 is 1.00 bits per heavy atom. The van der Waals surface area contributed by atoms with Gasteiger partial charge in [0.15, 0.2) is 0 Å². The van der Waals surface area contributed by atoms with E-state index in [2.05, 4.69) is 5.92 Å². The molecule has 0 bridgehead atoms. The highest BCUT2D eigenvalue weighted by molar-refractivity contribution is 5.46. The van der Waals surface area contributed by atoms with Crippen molar-refractivity contribution in [3.63, 3.8) is 0 Å². The van der Waals surface area contributed by atoms with Gasteiger partial charge in [-0.2, -0.15) is 0 Å². The molecule has 0 amide bonds. The van der Waals surface area contributed by atoms with E-state index >= 15 is 0 Å². The number of para-hydroxylation sites is 1. The fourth-order valence-electron chi connectivity index (χ4n) is 1.89. The minimum atomic E-state index is -0.224. The monoisotopic (exact) mass is 237 g/mol. The largest absolute Gasteiger partial charge is 0.288 e. The lowest BCUT2D eigenvalue weighted by Crippen LogP contribution is -2.24. The average molecular weight is 237 g/mol. The highest BCUT2D eigenvalue weighted by Crippen LogP contribution is 2.27. The van der Waals surface area contributed by atoms with Crippen molar-refractivity contribution in [1.29, 1.82) is 0 Å². The van der Waals surface area contributed by atoms with E-state index in [-0.39, 0.29) is 6.04 Å². The minimum absolute atomic E-state index is 0.224. The van der Waals surface area contributed by atoms with Crippen molar-refractivity contribution >= 4 is 5.69 Å². The average Bonchev–Trinajstić information content (AvgIpc) is 2.46. The number of hydrogen-bond acceptors (Lipinski definition) is 2. The van der Waals surface area contributed by atoms with Gasteiger partial charge in [-0.15, -0.1) is 12.3 Å². The second-order valence-corrected chi connectivity index (χ2v) is 4.01. The summed E-state index contributed by atoms with van der Waals surface area (Å²) in [6.07, 6.45) is 5.85. The van der Waals surface area contributed by atoms with E-state index in [1.165, 1.54) is 5.06 Å². The molecule has 1 atom stereocenters. The first kappa shape index (κ1) is 12.2. The summed E-state index contributed by atoms with van der Waals surface area (Å²) >= 11 is 0. The van der Waals surface area contributed by atoms with Crippen molar-refractivity contribution in [3.05, 3.63) is 66.2 Å². The van der Waals surface area contributed by atoms with E-state index in [0.29, 0.717) is 6.42 Å². The Morgan fingerprint density at radius 3 is 2.11 bits per heavy atom. The van der Waals surface area contributed by atoms with Gasteiger partial charge >= 0.3 is 0 Å². The molecule has 0 saturated carbocycles. The van der Waals surface area contributed by atoms with Crippen molar-refractivity contribution in [3.8, 4) is 12.3 Å². The molecule has 2 aromatic carbocycles. The molecular formula is C16H15NO. The van der Waals surface area contributed by atoms with Gasteiger partial charge in [-0.3, -0.25) is 5.21 Å². The minimum Gasteiger partial charge on any atom is -0.288 e. The first-order valence-electron chi connectivity index (χ1n) is 5.84. The normalized spacial score (nSPS) is 11.6. The lowest BCUT2D eigenvalue weighted by molar-refractivity contribution is 0.217. The van der Waals surface area contributed by atoms with Gasteiger partial charge in [0, 0.05) is 6.42 Å². The lowest BCUT2D eigenvalue weighted by atomic mass is 10.0. The maximum atomic E-state index is 10.3. The summed E-state index contributed by atoms with van der Waals surface area (Å²) in [5, 5.41) is 11.5. The van der Waals surface area contributed by atoms with Crippen molar-refractivity contribution in [1.82, 2.24) is 0 Å². The smallest absolute Gasteiger partial charge is 0.0921 e. The van der Waals surface area contributed by atoms with Gasteiger partial charge in [0.1, 0.15) is 0 Å². The number of terminal acetylenes is 1. The zero-order valence-corrected chi connectivity index (χ0v) is 10.0. The van der Waals surface area contributed by atoms with E-state index in [1.54, 1.807) is 0 Å². The molecule has 0 fully saturated rings. The van der Waals surface area contributed by atoms with E-state index in [0.717, 1.165) is 11.3 Å². The maximum absolute atomic E-state index is 10.3. The SMILES string of the molecule is C#CCC(c1ccccc1)N(O)c1ccccc1. The van der Waals surface area contributed by atoms with Crippen LogP contribution in [-0.2, 0) is 0 Å². The zero-order chi connectivity index (χ0) is 12.8.